The number of anilines is 2. The van der Waals surface area contributed by atoms with Crippen LogP contribution in [0.1, 0.15) is 31.2 Å². The lowest BCUT2D eigenvalue weighted by Gasteiger charge is -2.37. The zero-order valence-corrected chi connectivity index (χ0v) is 22.5. The molecule has 0 aliphatic carbocycles. The number of carbonyl (C=O) groups is 2. The molecule has 1 amide bonds. The molecule has 4 N–H and O–H groups in total. The van der Waals surface area contributed by atoms with Gasteiger partial charge < -0.3 is 20.3 Å². The summed E-state index contributed by atoms with van der Waals surface area (Å²) in [6.45, 7) is 2.88. The molecule has 1 fully saturated rings. The lowest BCUT2D eigenvalue weighted by atomic mass is 9.86. The van der Waals surface area contributed by atoms with E-state index in [1.54, 1.807) is 42.7 Å². The second-order valence-corrected chi connectivity index (χ2v) is 9.27. The maximum atomic E-state index is 13.9. The van der Waals surface area contributed by atoms with Crippen molar-refractivity contribution in [3.8, 4) is 0 Å². The first-order chi connectivity index (χ1) is 19.8. The average molecular weight is 573 g/mol. The standard InChI is InChI=1S/C28H30F4N6O.CH2O/c1-34-14-12-28(27(39)36-18-37(28)21-9-7-20(29)8-10-21)11-3-2-6-25(19-5-4-13-35-17-19)38(33)22-15-23(30)26(32)24(31)16-22;1-2/h4-10,13,15-17,34H,2-3,11-12,14,18,33H2,1H3,(H,36,39);1H2/b25-6-;. The summed E-state index contributed by atoms with van der Waals surface area (Å²) in [5, 5.41) is 7.10. The third kappa shape index (κ3) is 7.08. The molecule has 3 aromatic rings. The Morgan fingerprint density at radius 1 is 1.15 bits per heavy atom. The predicted molar refractivity (Wildman–Crippen MR) is 149 cm³/mol. The van der Waals surface area contributed by atoms with Gasteiger partial charge in [-0.1, -0.05) is 6.08 Å². The van der Waals surface area contributed by atoms with E-state index < -0.39 is 23.0 Å². The Morgan fingerprint density at radius 3 is 2.44 bits per heavy atom. The number of carbonyl (C=O) groups excluding carboxylic acids is 2. The fourth-order valence-corrected chi connectivity index (χ4v) is 4.83. The van der Waals surface area contributed by atoms with Crippen LogP contribution in [0.3, 0.4) is 0 Å². The number of amides is 1. The second-order valence-electron chi connectivity index (χ2n) is 9.27. The van der Waals surface area contributed by atoms with Gasteiger partial charge in [0.1, 0.15) is 18.1 Å². The Hall–Kier alpha value is -4.29. The average Bonchev–Trinajstić information content (AvgIpc) is 3.31. The van der Waals surface area contributed by atoms with Gasteiger partial charge in [-0.05, 0) is 75.7 Å². The molecule has 1 atom stereocenters. The number of hydrogen-bond acceptors (Lipinski definition) is 7. The molecule has 1 saturated heterocycles. The van der Waals surface area contributed by atoms with Crippen LogP contribution < -0.4 is 26.4 Å². The van der Waals surface area contributed by atoms with Gasteiger partial charge in [-0.25, -0.2) is 23.4 Å². The normalized spacial score (nSPS) is 16.7. The van der Waals surface area contributed by atoms with E-state index >= 15 is 0 Å². The molecule has 1 unspecified atom stereocenters. The summed E-state index contributed by atoms with van der Waals surface area (Å²) in [7, 11) is 1.81. The van der Waals surface area contributed by atoms with Gasteiger partial charge in [-0.3, -0.25) is 14.8 Å². The van der Waals surface area contributed by atoms with E-state index in [0.29, 0.717) is 50.2 Å². The van der Waals surface area contributed by atoms with Crippen LogP contribution in [0.25, 0.3) is 5.70 Å². The summed E-state index contributed by atoms with van der Waals surface area (Å²) in [4.78, 5) is 27.2. The van der Waals surface area contributed by atoms with Crippen molar-refractivity contribution in [2.24, 2.45) is 5.84 Å². The van der Waals surface area contributed by atoms with Crippen LogP contribution in [0.15, 0.2) is 67.0 Å². The van der Waals surface area contributed by atoms with E-state index in [0.717, 1.165) is 22.8 Å². The van der Waals surface area contributed by atoms with Gasteiger partial charge in [0.15, 0.2) is 17.5 Å². The minimum atomic E-state index is -1.58. The zero-order chi connectivity index (χ0) is 30.0. The van der Waals surface area contributed by atoms with Crippen LogP contribution in [0.4, 0.5) is 28.9 Å². The van der Waals surface area contributed by atoms with Crippen LogP contribution in [-0.2, 0) is 9.59 Å². The topological polar surface area (TPSA) is 104 Å². The molecule has 0 radical (unpaired) electrons. The second kappa shape index (κ2) is 14.4. The predicted octanol–water partition coefficient (Wildman–Crippen LogP) is 4.29. The number of aromatic nitrogens is 1. The minimum absolute atomic E-state index is 0.0790. The number of pyridine rings is 1. The van der Waals surface area contributed by atoms with Crippen LogP contribution in [0.5, 0.6) is 0 Å². The highest BCUT2D eigenvalue weighted by molar-refractivity contribution is 5.93. The van der Waals surface area contributed by atoms with Gasteiger partial charge in [0.05, 0.1) is 18.1 Å². The van der Waals surface area contributed by atoms with Crippen molar-refractivity contribution in [1.29, 1.82) is 0 Å². The molecule has 0 saturated carbocycles. The van der Waals surface area contributed by atoms with E-state index in [4.69, 9.17) is 10.6 Å². The molecule has 41 heavy (non-hydrogen) atoms. The summed E-state index contributed by atoms with van der Waals surface area (Å²) in [6.07, 6.45) is 6.91. The monoisotopic (exact) mass is 572 g/mol. The molecule has 1 aliphatic heterocycles. The molecule has 218 valence electrons. The van der Waals surface area contributed by atoms with E-state index in [2.05, 4.69) is 15.6 Å². The highest BCUT2D eigenvalue weighted by Crippen LogP contribution is 2.35. The molecule has 12 heteroatoms. The Morgan fingerprint density at radius 2 is 1.83 bits per heavy atom. The van der Waals surface area contributed by atoms with Crippen LogP contribution in [-0.4, -0.2) is 43.5 Å². The van der Waals surface area contributed by atoms with Crippen LogP contribution in [0, 0.1) is 23.3 Å². The molecule has 1 aromatic heterocycles. The summed E-state index contributed by atoms with van der Waals surface area (Å²) in [6, 6.07) is 11.1. The smallest absolute Gasteiger partial charge is 0.247 e. The third-order valence-corrected chi connectivity index (χ3v) is 6.86. The number of nitrogens with one attached hydrogen (secondary N) is 2. The number of halogens is 4. The van der Waals surface area contributed by atoms with E-state index in [9.17, 15) is 22.4 Å². The van der Waals surface area contributed by atoms with E-state index in [1.807, 2.05) is 18.7 Å². The molecule has 0 bridgehead atoms. The lowest BCUT2D eigenvalue weighted by molar-refractivity contribution is -0.124. The van der Waals surface area contributed by atoms with Crippen molar-refractivity contribution in [3.63, 3.8) is 0 Å². The third-order valence-electron chi connectivity index (χ3n) is 6.86. The highest BCUT2D eigenvalue weighted by atomic mass is 19.2. The number of nitrogens with two attached hydrogens (primary N) is 1. The first kappa shape index (κ1) is 31.2. The van der Waals surface area contributed by atoms with Crippen molar-refractivity contribution in [2.75, 3.05) is 30.2 Å². The molecule has 4 rings (SSSR count). The van der Waals surface area contributed by atoms with E-state index in [-0.39, 0.29) is 17.4 Å². The summed E-state index contributed by atoms with van der Waals surface area (Å²) < 4.78 is 55.0. The minimum Gasteiger partial charge on any atom is -0.339 e. The number of hydrogen-bond donors (Lipinski definition) is 3. The molecule has 2 heterocycles. The number of nitrogens with zero attached hydrogens (tertiary/aromatic N) is 3. The summed E-state index contributed by atoms with van der Waals surface area (Å²) >= 11 is 0. The largest absolute Gasteiger partial charge is 0.339 e. The summed E-state index contributed by atoms with van der Waals surface area (Å²) in [5.74, 6) is 1.49. The van der Waals surface area contributed by atoms with Crippen LogP contribution >= 0.6 is 0 Å². The fraction of sp³-hybridized carbons (Fsp3) is 0.276. The zero-order valence-electron chi connectivity index (χ0n) is 22.5. The molecule has 1 aliphatic rings. The maximum Gasteiger partial charge on any atom is 0.247 e. The lowest BCUT2D eigenvalue weighted by Crippen LogP contribution is -2.51. The number of unbranched alkanes of at least 4 members (excludes halogenated alkanes) is 1. The first-order valence-electron chi connectivity index (χ1n) is 12.8. The molecule has 0 spiro atoms. The van der Waals surface area contributed by atoms with Crippen molar-refractivity contribution in [3.05, 3.63) is 95.8 Å². The van der Waals surface area contributed by atoms with Gasteiger partial charge in [0.2, 0.25) is 5.91 Å². The van der Waals surface area contributed by atoms with Crippen LogP contribution in [0.2, 0.25) is 0 Å². The molecule has 2 aromatic carbocycles. The Bertz CT molecular complexity index is 1320. The van der Waals surface area contributed by atoms with Crippen molar-refractivity contribution < 1.29 is 27.2 Å². The van der Waals surface area contributed by atoms with Gasteiger partial charge in [-0.15, -0.1) is 0 Å². The van der Waals surface area contributed by atoms with Gasteiger partial charge in [0, 0.05) is 35.8 Å². The number of benzene rings is 2. The Labute approximate surface area is 235 Å². The maximum absolute atomic E-state index is 13.9. The van der Waals surface area contributed by atoms with Gasteiger partial charge >= 0.3 is 0 Å². The fourth-order valence-electron chi connectivity index (χ4n) is 4.83. The van der Waals surface area contributed by atoms with E-state index in [1.165, 1.54) is 12.1 Å². The summed E-state index contributed by atoms with van der Waals surface area (Å²) in [5.41, 5.74) is 0.774. The van der Waals surface area contributed by atoms with Gasteiger partial charge in [0.25, 0.3) is 0 Å². The molecular formula is C29H32F4N6O2. The van der Waals surface area contributed by atoms with Crippen molar-refractivity contribution in [1.82, 2.24) is 15.6 Å². The highest BCUT2D eigenvalue weighted by Gasteiger charge is 2.47. The number of allylic oxidation sites excluding steroid dienone is 1. The Balaban J connectivity index is 0.00000226. The number of rotatable bonds is 11. The molecule has 8 nitrogen and oxygen atoms in total. The van der Waals surface area contributed by atoms with Gasteiger partial charge in [-0.2, -0.15) is 0 Å². The first-order valence-corrected chi connectivity index (χ1v) is 12.8. The Kier molecular flexibility index (Phi) is 11.0. The SMILES string of the molecule is C=O.CNCCC1(CCC/C=C(/c2cccnc2)N(N)c2cc(F)c(F)c(F)c2)C(=O)NCN1c1ccc(F)cc1. The van der Waals surface area contributed by atoms with Crippen molar-refractivity contribution >= 4 is 29.8 Å². The number of hydrazine groups is 1. The molecular weight excluding hydrogens is 540 g/mol. The quantitative estimate of drug-likeness (QED) is 0.104. The van der Waals surface area contributed by atoms with Crippen molar-refractivity contribution in [2.45, 2.75) is 31.2 Å².